The van der Waals surface area contributed by atoms with E-state index in [0.717, 1.165) is 11.5 Å². The average molecular weight is 342 g/mol. The molecule has 0 atom stereocenters. The minimum Gasteiger partial charge on any atom is -0.378 e. The lowest BCUT2D eigenvalue weighted by atomic mass is 10.3. The standard InChI is InChI=1S/C12H15IN4/c1-9(2)17-12(15-8-16-17)7-14-11-5-3-4-10(13)6-11/h3-6,8-9,14H,7H2,1-2H3. The summed E-state index contributed by atoms with van der Waals surface area (Å²) in [5, 5.41) is 7.56. The Labute approximate surface area is 115 Å². The first-order valence-corrected chi connectivity index (χ1v) is 6.62. The van der Waals surface area contributed by atoms with Gasteiger partial charge in [0.1, 0.15) is 12.2 Å². The van der Waals surface area contributed by atoms with Crippen molar-refractivity contribution >= 4 is 28.3 Å². The second-order valence-corrected chi connectivity index (χ2v) is 5.32. The Balaban J connectivity index is 2.05. The fourth-order valence-electron chi connectivity index (χ4n) is 1.61. The Hall–Kier alpha value is -1.11. The molecule has 0 saturated heterocycles. The van der Waals surface area contributed by atoms with Gasteiger partial charge in [-0.05, 0) is 54.6 Å². The zero-order chi connectivity index (χ0) is 12.3. The van der Waals surface area contributed by atoms with Gasteiger partial charge in [0.25, 0.3) is 0 Å². The number of halogens is 1. The molecule has 0 saturated carbocycles. The number of hydrogen-bond acceptors (Lipinski definition) is 3. The lowest BCUT2D eigenvalue weighted by Crippen LogP contribution is -2.12. The molecular formula is C12H15IN4. The quantitative estimate of drug-likeness (QED) is 0.869. The van der Waals surface area contributed by atoms with Crippen LogP contribution in [0.2, 0.25) is 0 Å². The van der Waals surface area contributed by atoms with Crippen molar-refractivity contribution in [2.75, 3.05) is 5.32 Å². The van der Waals surface area contributed by atoms with E-state index in [1.807, 2.05) is 10.7 Å². The molecule has 0 amide bonds. The summed E-state index contributed by atoms with van der Waals surface area (Å²) >= 11 is 2.30. The molecule has 1 aromatic heterocycles. The van der Waals surface area contributed by atoms with Crippen molar-refractivity contribution < 1.29 is 0 Å². The Morgan fingerprint density at radius 1 is 1.41 bits per heavy atom. The van der Waals surface area contributed by atoms with E-state index in [-0.39, 0.29) is 0 Å². The number of rotatable bonds is 4. The van der Waals surface area contributed by atoms with Crippen molar-refractivity contribution in [3.63, 3.8) is 0 Å². The summed E-state index contributed by atoms with van der Waals surface area (Å²) in [6.45, 7) is 4.89. The number of hydrogen-bond donors (Lipinski definition) is 1. The van der Waals surface area contributed by atoms with E-state index in [4.69, 9.17) is 0 Å². The molecule has 5 heteroatoms. The van der Waals surface area contributed by atoms with E-state index < -0.39 is 0 Å². The van der Waals surface area contributed by atoms with E-state index in [1.165, 1.54) is 3.57 Å². The minimum atomic E-state index is 0.338. The molecule has 2 rings (SSSR count). The smallest absolute Gasteiger partial charge is 0.146 e. The van der Waals surface area contributed by atoms with Crippen LogP contribution >= 0.6 is 22.6 Å². The van der Waals surface area contributed by atoms with Crippen LogP contribution in [-0.2, 0) is 6.54 Å². The van der Waals surface area contributed by atoms with Gasteiger partial charge in [-0.2, -0.15) is 5.10 Å². The molecule has 0 aliphatic rings. The van der Waals surface area contributed by atoms with Crippen LogP contribution in [0.5, 0.6) is 0 Å². The van der Waals surface area contributed by atoms with Gasteiger partial charge in [-0.1, -0.05) is 6.07 Å². The zero-order valence-corrected chi connectivity index (χ0v) is 12.0. The first-order chi connectivity index (χ1) is 8.16. The van der Waals surface area contributed by atoms with Crippen molar-refractivity contribution in [2.24, 2.45) is 0 Å². The number of benzene rings is 1. The van der Waals surface area contributed by atoms with Crippen molar-refractivity contribution in [3.8, 4) is 0 Å². The van der Waals surface area contributed by atoms with Gasteiger partial charge in [-0.25, -0.2) is 9.67 Å². The number of anilines is 1. The van der Waals surface area contributed by atoms with Crippen molar-refractivity contribution in [3.05, 3.63) is 40.0 Å². The number of nitrogens with zero attached hydrogens (tertiary/aromatic N) is 3. The number of aromatic nitrogens is 3. The van der Waals surface area contributed by atoms with Gasteiger partial charge in [0.15, 0.2) is 0 Å². The van der Waals surface area contributed by atoms with Gasteiger partial charge in [-0.3, -0.25) is 0 Å². The van der Waals surface area contributed by atoms with Crippen LogP contribution in [0.25, 0.3) is 0 Å². The highest BCUT2D eigenvalue weighted by atomic mass is 127. The second-order valence-electron chi connectivity index (χ2n) is 4.08. The predicted molar refractivity (Wildman–Crippen MR) is 76.9 cm³/mol. The second kappa shape index (κ2) is 5.48. The average Bonchev–Trinajstić information content (AvgIpc) is 2.74. The molecule has 0 aliphatic heterocycles. The third kappa shape index (κ3) is 3.18. The van der Waals surface area contributed by atoms with E-state index in [9.17, 15) is 0 Å². The normalized spacial score (nSPS) is 10.8. The van der Waals surface area contributed by atoms with Crippen molar-refractivity contribution in [1.29, 1.82) is 0 Å². The first-order valence-electron chi connectivity index (χ1n) is 5.54. The van der Waals surface area contributed by atoms with Gasteiger partial charge >= 0.3 is 0 Å². The van der Waals surface area contributed by atoms with E-state index in [0.29, 0.717) is 12.6 Å². The van der Waals surface area contributed by atoms with E-state index in [2.05, 4.69) is 70.0 Å². The van der Waals surface area contributed by atoms with E-state index in [1.54, 1.807) is 6.33 Å². The summed E-state index contributed by atoms with van der Waals surface area (Å²) in [5.74, 6) is 0.957. The molecular weight excluding hydrogens is 327 g/mol. The molecule has 0 radical (unpaired) electrons. The highest BCUT2D eigenvalue weighted by Gasteiger charge is 2.06. The Kier molecular flexibility index (Phi) is 3.98. The summed E-state index contributed by atoms with van der Waals surface area (Å²) in [6, 6.07) is 8.61. The van der Waals surface area contributed by atoms with Crippen LogP contribution in [0, 0.1) is 3.57 Å². The molecule has 1 aromatic carbocycles. The maximum Gasteiger partial charge on any atom is 0.146 e. The molecule has 0 bridgehead atoms. The lowest BCUT2D eigenvalue weighted by molar-refractivity contribution is 0.509. The summed E-state index contributed by atoms with van der Waals surface area (Å²) in [6.07, 6.45) is 1.60. The van der Waals surface area contributed by atoms with Gasteiger partial charge in [-0.15, -0.1) is 0 Å². The molecule has 1 heterocycles. The van der Waals surface area contributed by atoms with Crippen molar-refractivity contribution in [1.82, 2.24) is 14.8 Å². The molecule has 0 spiro atoms. The Morgan fingerprint density at radius 2 is 2.24 bits per heavy atom. The highest BCUT2D eigenvalue weighted by Crippen LogP contribution is 2.13. The van der Waals surface area contributed by atoms with Crippen LogP contribution in [0.15, 0.2) is 30.6 Å². The van der Waals surface area contributed by atoms with Crippen molar-refractivity contribution in [2.45, 2.75) is 26.4 Å². The minimum absolute atomic E-state index is 0.338. The summed E-state index contributed by atoms with van der Waals surface area (Å²) in [4.78, 5) is 4.26. The summed E-state index contributed by atoms with van der Waals surface area (Å²) in [5.41, 5.74) is 1.11. The molecule has 0 fully saturated rings. The molecule has 90 valence electrons. The Bertz CT molecular complexity index is 493. The molecule has 17 heavy (non-hydrogen) atoms. The largest absolute Gasteiger partial charge is 0.378 e. The van der Waals surface area contributed by atoms with Crippen LogP contribution in [0.4, 0.5) is 5.69 Å². The monoisotopic (exact) mass is 342 g/mol. The predicted octanol–water partition coefficient (Wildman–Crippen LogP) is 3.08. The fourth-order valence-corrected chi connectivity index (χ4v) is 2.15. The molecule has 4 nitrogen and oxygen atoms in total. The van der Waals surface area contributed by atoms with Crippen LogP contribution in [0.1, 0.15) is 25.7 Å². The highest BCUT2D eigenvalue weighted by molar-refractivity contribution is 14.1. The molecule has 0 unspecified atom stereocenters. The SMILES string of the molecule is CC(C)n1ncnc1CNc1cccc(I)c1. The topological polar surface area (TPSA) is 42.7 Å². The zero-order valence-electron chi connectivity index (χ0n) is 9.89. The van der Waals surface area contributed by atoms with Gasteiger partial charge in [0, 0.05) is 15.3 Å². The van der Waals surface area contributed by atoms with E-state index >= 15 is 0 Å². The summed E-state index contributed by atoms with van der Waals surface area (Å²) in [7, 11) is 0. The first kappa shape index (κ1) is 12.3. The fraction of sp³-hybridized carbons (Fsp3) is 0.333. The van der Waals surface area contributed by atoms with Crippen LogP contribution in [0.3, 0.4) is 0 Å². The van der Waals surface area contributed by atoms with Gasteiger partial charge in [0.2, 0.25) is 0 Å². The van der Waals surface area contributed by atoms with Gasteiger partial charge < -0.3 is 5.32 Å². The maximum atomic E-state index is 4.26. The van der Waals surface area contributed by atoms with Gasteiger partial charge in [0.05, 0.1) is 6.54 Å². The summed E-state index contributed by atoms with van der Waals surface area (Å²) < 4.78 is 3.15. The maximum absolute atomic E-state index is 4.26. The third-order valence-corrected chi connectivity index (χ3v) is 3.08. The van der Waals surface area contributed by atoms with Crippen LogP contribution < -0.4 is 5.32 Å². The number of nitrogens with one attached hydrogen (secondary N) is 1. The lowest BCUT2D eigenvalue weighted by Gasteiger charge is -2.10. The molecule has 2 aromatic rings. The third-order valence-electron chi connectivity index (χ3n) is 2.41. The van der Waals surface area contributed by atoms with Crippen LogP contribution in [-0.4, -0.2) is 14.8 Å². The molecule has 1 N–H and O–H groups in total. The Morgan fingerprint density at radius 3 is 2.94 bits per heavy atom. The molecule has 0 aliphatic carbocycles.